The van der Waals surface area contributed by atoms with Crippen LogP contribution in [-0.2, 0) is 0 Å². The van der Waals surface area contributed by atoms with E-state index in [0.29, 0.717) is 12.5 Å². The Labute approximate surface area is 83.7 Å². The first kappa shape index (κ1) is 9.28. The Morgan fingerprint density at radius 2 is 2.14 bits per heavy atom. The molecule has 2 aromatic rings. The monoisotopic (exact) mass is 189 g/mol. The maximum atomic E-state index is 5.73. The minimum absolute atomic E-state index is 0.410. The number of benzene rings is 1. The summed E-state index contributed by atoms with van der Waals surface area (Å²) in [6, 6.07) is 10.2. The molecule has 0 radical (unpaired) electrons. The van der Waals surface area contributed by atoms with Gasteiger partial charge < -0.3 is 10.2 Å². The molecule has 1 aromatic carbocycles. The van der Waals surface area contributed by atoms with E-state index < -0.39 is 0 Å². The van der Waals surface area contributed by atoms with Crippen LogP contribution in [0.4, 0.5) is 0 Å². The zero-order valence-electron chi connectivity index (χ0n) is 8.36. The van der Waals surface area contributed by atoms with Crippen LogP contribution in [0.5, 0.6) is 0 Å². The Hall–Kier alpha value is -1.28. The maximum absolute atomic E-state index is 5.73. The molecular formula is C12H15NO. The molecule has 1 heterocycles. The van der Waals surface area contributed by atoms with Gasteiger partial charge in [0.2, 0.25) is 0 Å². The molecule has 0 aliphatic heterocycles. The van der Waals surface area contributed by atoms with Gasteiger partial charge in [0.05, 0.1) is 0 Å². The lowest BCUT2D eigenvalue weighted by molar-refractivity contribution is 0.492. The average molecular weight is 189 g/mol. The Morgan fingerprint density at radius 1 is 1.36 bits per heavy atom. The summed E-state index contributed by atoms with van der Waals surface area (Å²) in [7, 11) is 0. The molecule has 2 heteroatoms. The molecule has 0 spiro atoms. The van der Waals surface area contributed by atoms with Crippen LogP contribution in [0.2, 0.25) is 0 Å². The molecule has 2 rings (SSSR count). The summed E-state index contributed by atoms with van der Waals surface area (Å²) >= 11 is 0. The summed E-state index contributed by atoms with van der Waals surface area (Å²) in [5.41, 5.74) is 6.48. The lowest BCUT2D eigenvalue weighted by Gasteiger charge is -2.04. The van der Waals surface area contributed by atoms with Crippen molar-refractivity contribution in [1.82, 2.24) is 0 Å². The van der Waals surface area contributed by atoms with Gasteiger partial charge >= 0.3 is 0 Å². The Bertz CT molecular complexity index is 386. The normalized spacial score (nSPS) is 13.3. The zero-order chi connectivity index (χ0) is 9.97. The third-order valence-electron chi connectivity index (χ3n) is 2.53. The van der Waals surface area contributed by atoms with Gasteiger partial charge in [0, 0.05) is 11.3 Å². The van der Waals surface area contributed by atoms with Gasteiger partial charge in [-0.25, -0.2) is 0 Å². The number of hydrogen-bond acceptors (Lipinski definition) is 2. The molecule has 2 N–H and O–H groups in total. The van der Waals surface area contributed by atoms with Gasteiger partial charge in [-0.05, 0) is 25.1 Å². The minimum atomic E-state index is 0.410. The number of furan rings is 1. The van der Waals surface area contributed by atoms with Gasteiger partial charge in [-0.1, -0.05) is 25.1 Å². The van der Waals surface area contributed by atoms with Crippen molar-refractivity contribution >= 4 is 11.0 Å². The Morgan fingerprint density at radius 3 is 2.86 bits per heavy atom. The van der Waals surface area contributed by atoms with Gasteiger partial charge in [-0.2, -0.15) is 0 Å². The number of rotatable bonds is 3. The van der Waals surface area contributed by atoms with Gasteiger partial charge in [-0.15, -0.1) is 0 Å². The number of para-hydroxylation sites is 1. The zero-order valence-corrected chi connectivity index (χ0v) is 8.36. The molecule has 0 fully saturated rings. The molecule has 74 valence electrons. The summed E-state index contributed by atoms with van der Waals surface area (Å²) in [4.78, 5) is 0. The van der Waals surface area contributed by atoms with Crippen molar-refractivity contribution in [3.05, 3.63) is 36.1 Å². The number of nitrogens with two attached hydrogens (primary N) is 1. The van der Waals surface area contributed by atoms with Gasteiger partial charge in [0.1, 0.15) is 11.3 Å². The van der Waals surface area contributed by atoms with E-state index in [4.69, 9.17) is 10.2 Å². The van der Waals surface area contributed by atoms with E-state index in [1.54, 1.807) is 0 Å². The second-order valence-corrected chi connectivity index (χ2v) is 3.66. The molecule has 0 amide bonds. The molecule has 1 unspecified atom stereocenters. The first-order valence-electron chi connectivity index (χ1n) is 5.00. The standard InChI is InChI=1S/C12H15NO/c1-9(6-7-13)12-8-10-4-2-3-5-11(10)14-12/h2-5,8-9H,6-7,13H2,1H3. The van der Waals surface area contributed by atoms with Crippen molar-refractivity contribution in [2.45, 2.75) is 19.3 Å². The van der Waals surface area contributed by atoms with Gasteiger partial charge in [0.15, 0.2) is 0 Å². The van der Waals surface area contributed by atoms with Crippen LogP contribution in [0.25, 0.3) is 11.0 Å². The van der Waals surface area contributed by atoms with E-state index in [9.17, 15) is 0 Å². The highest BCUT2D eigenvalue weighted by atomic mass is 16.3. The second kappa shape index (κ2) is 3.84. The summed E-state index contributed by atoms with van der Waals surface area (Å²) in [5, 5.41) is 1.17. The fourth-order valence-corrected chi connectivity index (χ4v) is 1.64. The molecule has 1 atom stereocenters. The van der Waals surface area contributed by atoms with E-state index in [1.165, 1.54) is 5.39 Å². The second-order valence-electron chi connectivity index (χ2n) is 3.66. The Balaban J connectivity index is 2.35. The summed E-state index contributed by atoms with van der Waals surface area (Å²) in [6.45, 7) is 2.85. The fraction of sp³-hybridized carbons (Fsp3) is 0.333. The van der Waals surface area contributed by atoms with Crippen LogP contribution < -0.4 is 5.73 Å². The van der Waals surface area contributed by atoms with Crippen LogP contribution in [0, 0.1) is 0 Å². The largest absolute Gasteiger partial charge is 0.461 e. The summed E-state index contributed by atoms with van der Waals surface area (Å²) in [6.07, 6.45) is 0.972. The van der Waals surface area contributed by atoms with Crippen molar-refractivity contribution in [1.29, 1.82) is 0 Å². The first-order chi connectivity index (χ1) is 6.81. The molecule has 0 saturated carbocycles. The summed E-state index contributed by atoms with van der Waals surface area (Å²) < 4.78 is 5.73. The molecule has 0 saturated heterocycles. The quantitative estimate of drug-likeness (QED) is 0.806. The highest BCUT2D eigenvalue weighted by molar-refractivity contribution is 5.77. The van der Waals surface area contributed by atoms with E-state index in [2.05, 4.69) is 19.1 Å². The number of fused-ring (bicyclic) bond motifs is 1. The van der Waals surface area contributed by atoms with Crippen LogP contribution in [0.15, 0.2) is 34.7 Å². The van der Waals surface area contributed by atoms with Crippen LogP contribution in [-0.4, -0.2) is 6.54 Å². The fourth-order valence-electron chi connectivity index (χ4n) is 1.64. The Kier molecular flexibility index (Phi) is 2.55. The maximum Gasteiger partial charge on any atom is 0.134 e. The molecule has 14 heavy (non-hydrogen) atoms. The van der Waals surface area contributed by atoms with E-state index in [1.807, 2.05) is 18.2 Å². The average Bonchev–Trinajstić information content (AvgIpc) is 2.61. The van der Waals surface area contributed by atoms with E-state index in [0.717, 1.165) is 17.8 Å². The molecule has 0 bridgehead atoms. The topological polar surface area (TPSA) is 39.2 Å². The summed E-state index contributed by atoms with van der Waals surface area (Å²) in [5.74, 6) is 1.45. The first-order valence-corrected chi connectivity index (χ1v) is 5.00. The van der Waals surface area contributed by atoms with Crippen LogP contribution >= 0.6 is 0 Å². The third-order valence-corrected chi connectivity index (χ3v) is 2.53. The van der Waals surface area contributed by atoms with Crippen LogP contribution in [0.1, 0.15) is 25.0 Å². The highest BCUT2D eigenvalue weighted by Crippen LogP contribution is 2.26. The number of hydrogen-bond donors (Lipinski definition) is 1. The lowest BCUT2D eigenvalue weighted by Crippen LogP contribution is -2.03. The van der Waals surface area contributed by atoms with Crippen molar-refractivity contribution in [3.63, 3.8) is 0 Å². The smallest absolute Gasteiger partial charge is 0.134 e. The predicted octanol–water partition coefficient (Wildman–Crippen LogP) is 2.89. The van der Waals surface area contributed by atoms with Crippen molar-refractivity contribution < 1.29 is 4.42 Å². The van der Waals surface area contributed by atoms with Crippen molar-refractivity contribution in [2.24, 2.45) is 5.73 Å². The molecule has 0 aliphatic carbocycles. The molecule has 2 nitrogen and oxygen atoms in total. The molecule has 1 aromatic heterocycles. The molecule has 0 aliphatic rings. The predicted molar refractivity (Wildman–Crippen MR) is 58.3 cm³/mol. The van der Waals surface area contributed by atoms with Crippen molar-refractivity contribution in [2.75, 3.05) is 6.54 Å². The van der Waals surface area contributed by atoms with Crippen LogP contribution in [0.3, 0.4) is 0 Å². The van der Waals surface area contributed by atoms with Crippen molar-refractivity contribution in [3.8, 4) is 0 Å². The highest BCUT2D eigenvalue weighted by Gasteiger charge is 2.09. The van der Waals surface area contributed by atoms with Gasteiger partial charge in [-0.3, -0.25) is 0 Å². The SMILES string of the molecule is CC(CCN)c1cc2ccccc2o1. The third kappa shape index (κ3) is 1.66. The minimum Gasteiger partial charge on any atom is -0.461 e. The lowest BCUT2D eigenvalue weighted by atomic mass is 10.1. The molecular weight excluding hydrogens is 174 g/mol. The van der Waals surface area contributed by atoms with E-state index >= 15 is 0 Å². The van der Waals surface area contributed by atoms with E-state index in [-0.39, 0.29) is 0 Å². The van der Waals surface area contributed by atoms with Gasteiger partial charge in [0.25, 0.3) is 0 Å².